The number of nitrogens with zero attached hydrogens (tertiary/aromatic N) is 2. The summed E-state index contributed by atoms with van der Waals surface area (Å²) in [6.45, 7) is 0.583. The lowest BCUT2D eigenvalue weighted by molar-refractivity contribution is 0.302. The molecule has 3 heteroatoms. The normalized spacial score (nSPS) is 12.1. The molecule has 0 saturated heterocycles. The summed E-state index contributed by atoms with van der Waals surface area (Å²) in [5.74, 6) is 1.63. The Bertz CT molecular complexity index is 2700. The molecule has 1 aromatic heterocycles. The number of benzene rings is 8. The largest absolute Gasteiger partial charge is 0.488 e. The maximum atomic E-state index is 6.29. The first-order valence-electron chi connectivity index (χ1n) is 17.0. The Morgan fingerprint density at radius 1 is 0.380 bits per heavy atom. The summed E-state index contributed by atoms with van der Waals surface area (Å²) in [5.41, 5.74) is 10.8. The third kappa shape index (κ3) is 4.67. The highest BCUT2D eigenvalue weighted by Crippen LogP contribution is 2.44. The third-order valence-corrected chi connectivity index (χ3v) is 9.97. The summed E-state index contributed by atoms with van der Waals surface area (Å²) in [5, 5.41) is 7.26. The van der Waals surface area contributed by atoms with Crippen LogP contribution in [0.2, 0.25) is 0 Å². The Labute approximate surface area is 290 Å². The van der Waals surface area contributed by atoms with Gasteiger partial charge in [0, 0.05) is 22.3 Å². The summed E-state index contributed by atoms with van der Waals surface area (Å²) in [6.07, 6.45) is 0. The first kappa shape index (κ1) is 28.4. The van der Waals surface area contributed by atoms with Gasteiger partial charge in [0.1, 0.15) is 12.4 Å². The number of aromatic nitrogens is 2. The van der Waals surface area contributed by atoms with E-state index in [0.717, 1.165) is 50.5 Å². The van der Waals surface area contributed by atoms with Gasteiger partial charge in [-0.05, 0) is 72.8 Å². The molecule has 9 aromatic rings. The van der Waals surface area contributed by atoms with Crippen LogP contribution in [0.1, 0.15) is 5.56 Å². The van der Waals surface area contributed by atoms with E-state index in [-0.39, 0.29) is 0 Å². The van der Waals surface area contributed by atoms with Gasteiger partial charge in [0.05, 0.1) is 11.4 Å². The molecule has 234 valence electrons. The number of hydrogen-bond donors (Lipinski definition) is 0. The lowest BCUT2D eigenvalue weighted by atomic mass is 9.88. The zero-order valence-corrected chi connectivity index (χ0v) is 27.2. The molecule has 2 heterocycles. The predicted molar refractivity (Wildman–Crippen MR) is 206 cm³/mol. The van der Waals surface area contributed by atoms with E-state index in [1.807, 2.05) is 24.3 Å². The number of fused-ring (bicyclic) bond motifs is 9. The Morgan fingerprint density at radius 3 is 1.84 bits per heavy atom. The van der Waals surface area contributed by atoms with E-state index >= 15 is 0 Å². The fourth-order valence-electron chi connectivity index (χ4n) is 7.57. The average Bonchev–Trinajstić information content (AvgIpc) is 3.20. The van der Waals surface area contributed by atoms with Gasteiger partial charge in [0.15, 0.2) is 5.82 Å². The first-order chi connectivity index (χ1) is 24.8. The smallest absolute Gasteiger partial charge is 0.160 e. The van der Waals surface area contributed by atoms with E-state index in [9.17, 15) is 0 Å². The molecular formula is C47H30N2O. The van der Waals surface area contributed by atoms with Crippen LogP contribution in [0.25, 0.3) is 88.5 Å². The van der Waals surface area contributed by atoms with Crippen molar-refractivity contribution in [2.45, 2.75) is 6.61 Å². The second-order valence-electron chi connectivity index (χ2n) is 12.9. The van der Waals surface area contributed by atoms with E-state index in [0.29, 0.717) is 12.4 Å². The van der Waals surface area contributed by atoms with Gasteiger partial charge >= 0.3 is 0 Å². The first-order valence-corrected chi connectivity index (χ1v) is 17.0. The van der Waals surface area contributed by atoms with Crippen molar-refractivity contribution in [2.24, 2.45) is 0 Å². The van der Waals surface area contributed by atoms with Crippen LogP contribution in [0.3, 0.4) is 0 Å². The topological polar surface area (TPSA) is 35.0 Å². The fourth-order valence-corrected chi connectivity index (χ4v) is 7.57. The molecule has 3 nitrogen and oxygen atoms in total. The van der Waals surface area contributed by atoms with Gasteiger partial charge in [0.25, 0.3) is 0 Å². The van der Waals surface area contributed by atoms with Crippen LogP contribution in [0, 0.1) is 0 Å². The Balaban J connectivity index is 1.23. The van der Waals surface area contributed by atoms with E-state index < -0.39 is 0 Å². The summed E-state index contributed by atoms with van der Waals surface area (Å²) < 4.78 is 6.29. The minimum absolute atomic E-state index is 0.583. The molecule has 0 fully saturated rings. The van der Waals surface area contributed by atoms with Crippen molar-refractivity contribution < 1.29 is 4.74 Å². The molecule has 0 bridgehead atoms. The average molecular weight is 639 g/mol. The number of ether oxygens (including phenoxy) is 1. The summed E-state index contributed by atoms with van der Waals surface area (Å²) in [4.78, 5) is 10.3. The van der Waals surface area contributed by atoms with Crippen LogP contribution in [-0.2, 0) is 6.61 Å². The van der Waals surface area contributed by atoms with E-state index in [1.54, 1.807) is 0 Å². The van der Waals surface area contributed by atoms with Gasteiger partial charge in [-0.2, -0.15) is 0 Å². The molecule has 0 aliphatic carbocycles. The molecule has 0 spiro atoms. The quantitative estimate of drug-likeness (QED) is 0.180. The highest BCUT2D eigenvalue weighted by atomic mass is 16.5. The molecule has 1 aliphatic rings. The van der Waals surface area contributed by atoms with Gasteiger partial charge in [-0.15, -0.1) is 0 Å². The van der Waals surface area contributed by atoms with Crippen molar-refractivity contribution in [1.82, 2.24) is 9.97 Å². The summed E-state index contributed by atoms with van der Waals surface area (Å²) in [6, 6.07) is 60.1. The van der Waals surface area contributed by atoms with Crippen LogP contribution >= 0.6 is 0 Å². The van der Waals surface area contributed by atoms with Gasteiger partial charge in [-0.1, -0.05) is 152 Å². The van der Waals surface area contributed by atoms with E-state index in [1.165, 1.54) is 43.4 Å². The monoisotopic (exact) mass is 638 g/mol. The zero-order valence-electron chi connectivity index (χ0n) is 27.2. The van der Waals surface area contributed by atoms with Crippen molar-refractivity contribution in [2.75, 3.05) is 0 Å². The zero-order chi connectivity index (χ0) is 33.0. The molecule has 0 N–H and O–H groups in total. The molecule has 0 radical (unpaired) electrons. The summed E-state index contributed by atoms with van der Waals surface area (Å²) >= 11 is 0. The second kappa shape index (κ2) is 11.5. The highest BCUT2D eigenvalue weighted by Gasteiger charge is 2.20. The number of rotatable bonds is 4. The molecule has 0 atom stereocenters. The molecule has 8 aromatic carbocycles. The van der Waals surface area contributed by atoms with Crippen molar-refractivity contribution >= 4 is 32.3 Å². The van der Waals surface area contributed by atoms with Crippen LogP contribution < -0.4 is 4.74 Å². The van der Waals surface area contributed by atoms with Gasteiger partial charge < -0.3 is 4.74 Å². The Hall–Kier alpha value is -6.58. The van der Waals surface area contributed by atoms with Crippen molar-refractivity contribution in [1.29, 1.82) is 0 Å². The summed E-state index contributed by atoms with van der Waals surface area (Å²) in [7, 11) is 0. The van der Waals surface area contributed by atoms with E-state index in [2.05, 4.69) is 146 Å². The molecule has 0 amide bonds. The van der Waals surface area contributed by atoms with Crippen LogP contribution in [0.5, 0.6) is 5.75 Å². The SMILES string of the molecule is c1ccc(-c2cc(-c3cccc4c5ccccc5c5ccc(-c6ccc7c(c6)OCc6ccccc6-7)cc5c34)nc(-c3ccccc3)n2)cc1. The lowest BCUT2D eigenvalue weighted by Gasteiger charge is -2.21. The minimum atomic E-state index is 0.583. The highest BCUT2D eigenvalue weighted by molar-refractivity contribution is 6.28. The maximum absolute atomic E-state index is 6.29. The molecule has 50 heavy (non-hydrogen) atoms. The fraction of sp³-hybridized carbons (Fsp3) is 0.0213. The van der Waals surface area contributed by atoms with Crippen molar-refractivity contribution in [3.8, 4) is 61.9 Å². The Morgan fingerprint density at radius 2 is 1.00 bits per heavy atom. The Kier molecular flexibility index (Phi) is 6.56. The molecular weight excluding hydrogens is 609 g/mol. The standard InChI is InChI=1S/C47H30N2O/c1-3-12-30(13-4-1)43-28-44(49-47(48-43)31-14-5-2-6-15-31)41-21-11-20-40-37-19-10-9-18-36(37)38-24-22-32(26-42(38)46(40)41)33-23-25-39-35-17-8-7-16-34(35)29-50-45(39)27-33/h1-28H,29H2. The molecule has 10 rings (SSSR count). The lowest BCUT2D eigenvalue weighted by Crippen LogP contribution is -2.05. The molecule has 0 unspecified atom stereocenters. The third-order valence-electron chi connectivity index (χ3n) is 9.97. The second-order valence-corrected chi connectivity index (χ2v) is 12.9. The van der Waals surface area contributed by atoms with Gasteiger partial charge in [0.2, 0.25) is 0 Å². The van der Waals surface area contributed by atoms with Crippen LogP contribution in [0.4, 0.5) is 0 Å². The van der Waals surface area contributed by atoms with Crippen LogP contribution in [0.15, 0.2) is 170 Å². The van der Waals surface area contributed by atoms with Gasteiger partial charge in [-0.25, -0.2) is 9.97 Å². The molecule has 0 saturated carbocycles. The van der Waals surface area contributed by atoms with E-state index in [4.69, 9.17) is 14.7 Å². The number of hydrogen-bond acceptors (Lipinski definition) is 3. The maximum Gasteiger partial charge on any atom is 0.160 e. The van der Waals surface area contributed by atoms with Crippen LogP contribution in [-0.4, -0.2) is 9.97 Å². The predicted octanol–water partition coefficient (Wildman–Crippen LogP) is 12.2. The van der Waals surface area contributed by atoms with Crippen molar-refractivity contribution in [3.05, 3.63) is 175 Å². The van der Waals surface area contributed by atoms with Gasteiger partial charge in [-0.3, -0.25) is 0 Å². The minimum Gasteiger partial charge on any atom is -0.488 e. The van der Waals surface area contributed by atoms with Crippen molar-refractivity contribution in [3.63, 3.8) is 0 Å². The molecule has 1 aliphatic heterocycles.